The van der Waals surface area contributed by atoms with Gasteiger partial charge in [0.1, 0.15) is 0 Å². The van der Waals surface area contributed by atoms with Gasteiger partial charge in [0.2, 0.25) is 0 Å². The molecule has 0 fully saturated rings. The molecule has 2 aromatic carbocycles. The third kappa shape index (κ3) is 4.29. The Bertz CT molecular complexity index is 631. The van der Waals surface area contributed by atoms with Gasteiger partial charge in [-0.2, -0.15) is 8.78 Å². The Kier molecular flexibility index (Phi) is 5.33. The van der Waals surface area contributed by atoms with E-state index in [2.05, 4.69) is 5.32 Å². The first-order valence-corrected chi connectivity index (χ1v) is 7.32. The number of thioether (sulfide) groups is 1. The van der Waals surface area contributed by atoms with Crippen LogP contribution in [0.5, 0.6) is 0 Å². The van der Waals surface area contributed by atoms with Crippen LogP contribution in [0.15, 0.2) is 53.4 Å². The number of halogens is 2. The standard InChI is InChI=1S/C16H15F2NOS/c1-11-6-2-3-7-12(11)10-19-15(20)13-8-4-5-9-14(13)21-16(17)18/h2-9,16H,10H2,1H3,(H,19,20). The number of hydrogen-bond donors (Lipinski definition) is 1. The van der Waals surface area contributed by atoms with Gasteiger partial charge in [-0.1, -0.05) is 48.2 Å². The number of benzene rings is 2. The maximum atomic E-state index is 12.5. The first-order valence-electron chi connectivity index (χ1n) is 6.44. The van der Waals surface area contributed by atoms with Crippen molar-refractivity contribution in [1.29, 1.82) is 0 Å². The van der Waals surface area contributed by atoms with Crippen molar-refractivity contribution >= 4 is 17.7 Å². The van der Waals surface area contributed by atoms with E-state index >= 15 is 0 Å². The Morgan fingerprint density at radius 1 is 1.14 bits per heavy atom. The summed E-state index contributed by atoms with van der Waals surface area (Å²) in [5.74, 6) is -2.89. The van der Waals surface area contributed by atoms with Gasteiger partial charge in [0.25, 0.3) is 11.7 Å². The molecule has 0 radical (unpaired) electrons. The third-order valence-electron chi connectivity index (χ3n) is 3.05. The Morgan fingerprint density at radius 2 is 1.81 bits per heavy atom. The van der Waals surface area contributed by atoms with Crippen LogP contribution in [0.2, 0.25) is 0 Å². The minimum atomic E-state index is -2.55. The fourth-order valence-electron chi connectivity index (χ4n) is 1.93. The molecule has 1 amide bonds. The first kappa shape index (κ1) is 15.5. The van der Waals surface area contributed by atoms with Gasteiger partial charge < -0.3 is 5.32 Å². The SMILES string of the molecule is Cc1ccccc1CNC(=O)c1ccccc1SC(F)F. The molecule has 0 saturated carbocycles. The number of carbonyl (C=O) groups excluding carboxylic acids is 1. The molecular weight excluding hydrogens is 292 g/mol. The van der Waals surface area contributed by atoms with Gasteiger partial charge in [-0.25, -0.2) is 0 Å². The van der Waals surface area contributed by atoms with Crippen molar-refractivity contribution in [2.45, 2.75) is 24.1 Å². The molecule has 0 unspecified atom stereocenters. The molecule has 0 aliphatic heterocycles. The largest absolute Gasteiger partial charge is 0.348 e. The Hall–Kier alpha value is -1.88. The van der Waals surface area contributed by atoms with Gasteiger partial charge in [0.15, 0.2) is 0 Å². The van der Waals surface area contributed by atoms with Crippen molar-refractivity contribution in [2.24, 2.45) is 0 Å². The topological polar surface area (TPSA) is 29.1 Å². The average Bonchev–Trinajstić information content (AvgIpc) is 2.46. The fourth-order valence-corrected chi connectivity index (χ4v) is 2.57. The number of alkyl halides is 2. The molecule has 0 aliphatic carbocycles. The number of rotatable bonds is 5. The summed E-state index contributed by atoms with van der Waals surface area (Å²) in [7, 11) is 0. The second-order valence-corrected chi connectivity index (χ2v) is 5.52. The van der Waals surface area contributed by atoms with Crippen molar-refractivity contribution in [3.8, 4) is 0 Å². The number of aryl methyl sites for hydroxylation is 1. The van der Waals surface area contributed by atoms with Crippen molar-refractivity contribution in [3.05, 3.63) is 65.2 Å². The highest BCUT2D eigenvalue weighted by atomic mass is 32.2. The smallest absolute Gasteiger partial charge is 0.288 e. The molecule has 2 rings (SSSR count). The summed E-state index contributed by atoms with van der Waals surface area (Å²) in [4.78, 5) is 12.4. The molecule has 1 N–H and O–H groups in total. The molecule has 0 spiro atoms. The normalized spacial score (nSPS) is 10.7. The zero-order valence-electron chi connectivity index (χ0n) is 11.5. The van der Waals surface area contributed by atoms with E-state index in [-0.39, 0.29) is 16.4 Å². The van der Waals surface area contributed by atoms with E-state index in [0.717, 1.165) is 11.1 Å². The molecule has 0 heterocycles. The Balaban J connectivity index is 2.09. The van der Waals surface area contributed by atoms with Gasteiger partial charge in [0.05, 0.1) is 5.56 Å². The van der Waals surface area contributed by atoms with Gasteiger partial charge in [-0.15, -0.1) is 0 Å². The zero-order valence-corrected chi connectivity index (χ0v) is 12.3. The second kappa shape index (κ2) is 7.22. The Labute approximate surface area is 126 Å². The molecule has 0 atom stereocenters. The molecule has 0 aromatic heterocycles. The highest BCUT2D eigenvalue weighted by molar-refractivity contribution is 7.99. The van der Waals surface area contributed by atoms with E-state index in [9.17, 15) is 13.6 Å². The molecule has 2 nitrogen and oxygen atoms in total. The number of amides is 1. The molecule has 0 aliphatic rings. The summed E-state index contributed by atoms with van der Waals surface area (Å²) in [6.07, 6.45) is 0. The van der Waals surface area contributed by atoms with Gasteiger partial charge >= 0.3 is 0 Å². The van der Waals surface area contributed by atoms with Crippen LogP contribution < -0.4 is 5.32 Å². The van der Waals surface area contributed by atoms with Crippen LogP contribution in [0, 0.1) is 6.92 Å². The first-order chi connectivity index (χ1) is 10.1. The van der Waals surface area contributed by atoms with Gasteiger partial charge in [-0.05, 0) is 30.2 Å². The lowest BCUT2D eigenvalue weighted by Crippen LogP contribution is -2.23. The van der Waals surface area contributed by atoms with E-state index < -0.39 is 5.76 Å². The highest BCUT2D eigenvalue weighted by Gasteiger charge is 2.14. The monoisotopic (exact) mass is 307 g/mol. The predicted octanol–water partition coefficient (Wildman–Crippen LogP) is 4.24. The highest BCUT2D eigenvalue weighted by Crippen LogP contribution is 2.28. The molecule has 21 heavy (non-hydrogen) atoms. The fraction of sp³-hybridized carbons (Fsp3) is 0.188. The maximum Gasteiger partial charge on any atom is 0.288 e. The van der Waals surface area contributed by atoms with Crippen LogP contribution >= 0.6 is 11.8 Å². The summed E-state index contributed by atoms with van der Waals surface area (Å²) >= 11 is 0.384. The van der Waals surface area contributed by atoms with Gasteiger partial charge in [0, 0.05) is 11.4 Å². The number of hydrogen-bond acceptors (Lipinski definition) is 2. The van der Waals surface area contributed by atoms with Crippen LogP contribution in [0.4, 0.5) is 8.78 Å². The van der Waals surface area contributed by atoms with Crippen LogP contribution in [0.25, 0.3) is 0 Å². The van der Waals surface area contributed by atoms with Crippen molar-refractivity contribution in [2.75, 3.05) is 0 Å². The average molecular weight is 307 g/mol. The van der Waals surface area contributed by atoms with Crippen molar-refractivity contribution in [3.63, 3.8) is 0 Å². The molecule has 0 bridgehead atoms. The molecular formula is C16H15F2NOS. The molecule has 5 heteroatoms. The third-order valence-corrected chi connectivity index (χ3v) is 3.84. The second-order valence-electron chi connectivity index (χ2n) is 4.48. The van der Waals surface area contributed by atoms with Gasteiger partial charge in [-0.3, -0.25) is 4.79 Å². The lowest BCUT2D eigenvalue weighted by atomic mass is 10.1. The molecule has 110 valence electrons. The summed E-state index contributed by atoms with van der Waals surface area (Å²) in [6.45, 7) is 2.33. The molecule has 2 aromatic rings. The van der Waals surface area contributed by atoms with E-state index in [0.29, 0.717) is 18.3 Å². The van der Waals surface area contributed by atoms with Crippen LogP contribution in [0.1, 0.15) is 21.5 Å². The van der Waals surface area contributed by atoms with E-state index in [4.69, 9.17) is 0 Å². The van der Waals surface area contributed by atoms with Crippen LogP contribution in [0.3, 0.4) is 0 Å². The number of nitrogens with one attached hydrogen (secondary N) is 1. The summed E-state index contributed by atoms with van der Waals surface area (Å²) < 4.78 is 25.0. The van der Waals surface area contributed by atoms with Crippen molar-refractivity contribution < 1.29 is 13.6 Å². The zero-order chi connectivity index (χ0) is 15.2. The minimum absolute atomic E-state index is 0.274. The van der Waals surface area contributed by atoms with E-state index in [1.165, 1.54) is 6.07 Å². The van der Waals surface area contributed by atoms with E-state index in [1.807, 2.05) is 31.2 Å². The molecule has 0 saturated heterocycles. The van der Waals surface area contributed by atoms with Crippen molar-refractivity contribution in [1.82, 2.24) is 5.32 Å². The summed E-state index contributed by atoms with van der Waals surface area (Å²) in [6, 6.07) is 14.1. The van der Waals surface area contributed by atoms with Crippen LogP contribution in [-0.2, 0) is 6.54 Å². The predicted molar refractivity (Wildman–Crippen MR) is 80.7 cm³/mol. The number of carbonyl (C=O) groups is 1. The maximum absolute atomic E-state index is 12.5. The minimum Gasteiger partial charge on any atom is -0.348 e. The van der Waals surface area contributed by atoms with Crippen LogP contribution in [-0.4, -0.2) is 11.7 Å². The van der Waals surface area contributed by atoms with E-state index in [1.54, 1.807) is 18.2 Å². The lowest BCUT2D eigenvalue weighted by molar-refractivity contribution is 0.0948. The summed E-state index contributed by atoms with van der Waals surface area (Å²) in [5, 5.41) is 2.77. The quantitative estimate of drug-likeness (QED) is 0.837. The lowest BCUT2D eigenvalue weighted by Gasteiger charge is -2.10. The Morgan fingerprint density at radius 3 is 2.52 bits per heavy atom. The summed E-state index contributed by atoms with van der Waals surface area (Å²) in [5.41, 5.74) is 2.36.